The number of carboxylic acids is 4. The molecule has 0 heterocycles. The highest BCUT2D eigenvalue weighted by Crippen LogP contribution is 2.37. The molecule has 0 saturated carbocycles. The Morgan fingerprint density at radius 1 is 0.250 bits per heavy atom. The molecule has 4 rings (SSSR count). The van der Waals surface area contributed by atoms with E-state index in [-0.39, 0.29) is 272 Å². The Labute approximate surface area is 673 Å². The van der Waals surface area contributed by atoms with Crippen molar-refractivity contribution in [2.24, 2.45) is 0 Å². The van der Waals surface area contributed by atoms with Gasteiger partial charge in [-0.15, -0.1) is 0 Å². The summed E-state index contributed by atoms with van der Waals surface area (Å²) in [5, 5.41) is 45.8. The zero-order valence-electron chi connectivity index (χ0n) is 65.4. The predicted molar refractivity (Wildman–Crippen MR) is 409 cm³/mol. The van der Waals surface area contributed by atoms with Crippen LogP contribution in [-0.4, -0.2) is 338 Å². The monoisotopic (exact) mass is 1650 g/mol. The number of aliphatic carboxylic acids is 4. The molecule has 4 aromatic carbocycles. The van der Waals surface area contributed by atoms with Gasteiger partial charge in [-0.3, -0.25) is 38.4 Å². The van der Waals surface area contributed by atoms with Gasteiger partial charge >= 0.3 is 29.8 Å². The van der Waals surface area contributed by atoms with E-state index >= 15 is 0 Å². The molecule has 0 unspecified atom stereocenters. The SMILES string of the molecule is O=C(O)CCOCCOCCOCCOCCNC(=O)COc1cc(OCC(=O)NCCOCCOCCOCCOCCC(=O)O)cc(-c2cc(C(=O)OCc3ccccc3)cc(-c3cc(OCC(=O)NCCOCCOCCOCCOCCC(=O)O)cc(OCC(=O)NCCOCCOCCOCCOCCC(=O)O)c3)c2)c1. The van der Waals surface area contributed by atoms with Gasteiger partial charge in [0.15, 0.2) is 26.4 Å². The largest absolute Gasteiger partial charge is 0.484 e. The lowest BCUT2D eigenvalue weighted by molar-refractivity contribution is -0.139. The molecular formula is C78H112N4O34. The van der Waals surface area contributed by atoms with Crippen LogP contribution in [0.4, 0.5) is 0 Å². The van der Waals surface area contributed by atoms with E-state index < -0.39 is 79.9 Å². The molecule has 38 heteroatoms. The van der Waals surface area contributed by atoms with Crippen molar-refractivity contribution in [2.45, 2.75) is 32.3 Å². The van der Waals surface area contributed by atoms with Crippen molar-refractivity contribution < 1.29 is 163 Å². The smallest absolute Gasteiger partial charge is 0.338 e. The van der Waals surface area contributed by atoms with Gasteiger partial charge in [0.1, 0.15) is 29.6 Å². The summed E-state index contributed by atoms with van der Waals surface area (Å²) in [6.07, 6.45) is -0.372. The van der Waals surface area contributed by atoms with Crippen LogP contribution in [0.5, 0.6) is 23.0 Å². The quantitative estimate of drug-likeness (QED) is 0.0232. The average molecular weight is 1650 g/mol. The number of carbonyl (C=O) groups excluding carboxylic acids is 5. The summed E-state index contributed by atoms with van der Waals surface area (Å²) in [5.41, 5.74) is 2.27. The van der Waals surface area contributed by atoms with Crippen LogP contribution < -0.4 is 40.2 Å². The van der Waals surface area contributed by atoms with Crippen LogP contribution in [0.1, 0.15) is 41.6 Å². The maximum absolute atomic E-state index is 14.3. The predicted octanol–water partition coefficient (Wildman–Crippen LogP) is 2.52. The Kier molecular flexibility index (Phi) is 57.0. The molecule has 4 amide bonds. The summed E-state index contributed by atoms with van der Waals surface area (Å²) in [4.78, 5) is 110. The van der Waals surface area contributed by atoms with Crippen molar-refractivity contribution in [2.75, 3.05) is 264 Å². The zero-order chi connectivity index (χ0) is 83.4. The molecule has 38 nitrogen and oxygen atoms in total. The van der Waals surface area contributed by atoms with Gasteiger partial charge in [-0.1, -0.05) is 30.3 Å². The fraction of sp³-hybridized carbons (Fsp3) is 0.577. The van der Waals surface area contributed by atoms with Crippen molar-refractivity contribution in [3.63, 3.8) is 0 Å². The summed E-state index contributed by atoms with van der Waals surface area (Å²) >= 11 is 0. The van der Waals surface area contributed by atoms with E-state index in [0.717, 1.165) is 0 Å². The molecule has 0 aromatic heterocycles. The van der Waals surface area contributed by atoms with Crippen LogP contribution in [0.25, 0.3) is 22.3 Å². The molecule has 0 radical (unpaired) electrons. The first kappa shape index (κ1) is 99.0. The maximum Gasteiger partial charge on any atom is 0.338 e. The number of hydrogen-bond donors (Lipinski definition) is 8. The van der Waals surface area contributed by atoms with Crippen LogP contribution in [0.3, 0.4) is 0 Å². The minimum atomic E-state index is -0.946. The first-order chi connectivity index (χ1) is 56.5. The highest BCUT2D eigenvalue weighted by Gasteiger charge is 2.19. The number of benzene rings is 4. The molecule has 0 aliphatic rings. The van der Waals surface area contributed by atoms with Crippen molar-refractivity contribution in [1.82, 2.24) is 21.3 Å². The molecule has 0 aliphatic carbocycles. The molecule has 0 bridgehead atoms. The number of esters is 1. The Bertz CT molecular complexity index is 3030. The van der Waals surface area contributed by atoms with Gasteiger partial charge in [0, 0.05) is 38.3 Å². The minimum Gasteiger partial charge on any atom is -0.484 e. The van der Waals surface area contributed by atoms with E-state index in [1.165, 1.54) is 12.1 Å². The standard InChI is InChI=1S/C78H112N4O34/c83-70(79-10-18-100-26-34-108-42-38-104-30-22-96-14-6-74(87)88)56-112-66-49-63(50-67(53-66)113-57-71(84)80-11-19-101-27-35-109-43-39-105-31-23-97-15-7-75(89)90)61-46-62(48-65(47-61)78(95)116-55-60-4-2-1-3-5-60)64-51-68(114-58-72(85)81-12-20-102-28-36-110-44-40-106-32-24-98-16-8-76(91)92)54-69(52-64)115-59-73(86)82-13-21-103-29-37-111-45-41-107-33-25-99-17-9-77(93)94/h1-5,46-54H,6-45,55-59H2,(H,79,83)(H,80,84)(H,81,85)(H,82,86)(H,87,88)(H,89,90)(H,91,92)(H,93,94). The summed E-state index contributed by atoms with van der Waals surface area (Å²) in [6, 6.07) is 23.2. The molecule has 0 spiro atoms. The van der Waals surface area contributed by atoms with E-state index in [1.54, 1.807) is 66.7 Å². The average Bonchev–Trinajstić information content (AvgIpc) is 0.793. The molecule has 0 aliphatic heterocycles. The van der Waals surface area contributed by atoms with Crippen LogP contribution in [-0.2, 0) is 125 Å². The van der Waals surface area contributed by atoms with Crippen molar-refractivity contribution in [3.05, 3.63) is 96.1 Å². The summed E-state index contributed by atoms with van der Waals surface area (Å²) in [7, 11) is 0. The second-order valence-corrected chi connectivity index (χ2v) is 24.2. The van der Waals surface area contributed by atoms with Gasteiger partial charge in [0.05, 0.1) is 243 Å². The third kappa shape index (κ3) is 54.5. The number of amides is 4. The second-order valence-electron chi connectivity index (χ2n) is 24.2. The third-order valence-electron chi connectivity index (χ3n) is 14.9. The van der Waals surface area contributed by atoms with Gasteiger partial charge in [-0.25, -0.2) is 4.79 Å². The first-order valence-electron chi connectivity index (χ1n) is 37.9. The number of carbonyl (C=O) groups is 9. The molecule has 116 heavy (non-hydrogen) atoms. The lowest BCUT2D eigenvalue weighted by Gasteiger charge is -2.16. The topological polar surface area (TPSA) is 477 Å². The van der Waals surface area contributed by atoms with Gasteiger partial charge < -0.3 is 141 Å². The van der Waals surface area contributed by atoms with E-state index in [2.05, 4.69) is 21.3 Å². The Balaban J connectivity index is 1.52. The summed E-state index contributed by atoms with van der Waals surface area (Å²) in [5.74, 6) is -6.08. The van der Waals surface area contributed by atoms with Gasteiger partial charge in [-0.05, 0) is 70.3 Å². The maximum atomic E-state index is 14.3. The molecule has 8 N–H and O–H groups in total. The number of hydrogen-bond acceptors (Lipinski definition) is 30. The Morgan fingerprint density at radius 2 is 0.466 bits per heavy atom. The van der Waals surface area contributed by atoms with Crippen molar-refractivity contribution >= 4 is 53.5 Å². The highest BCUT2D eigenvalue weighted by molar-refractivity contribution is 5.94. The first-order valence-corrected chi connectivity index (χ1v) is 37.9. The van der Waals surface area contributed by atoms with Gasteiger partial charge in [0.2, 0.25) is 0 Å². The highest BCUT2D eigenvalue weighted by atomic mass is 16.6. The normalized spacial score (nSPS) is 11.1. The summed E-state index contributed by atoms with van der Waals surface area (Å²) < 4.78 is 117. The lowest BCUT2D eigenvalue weighted by Crippen LogP contribution is -2.32. The van der Waals surface area contributed by atoms with Gasteiger partial charge in [-0.2, -0.15) is 0 Å². The van der Waals surface area contributed by atoms with Crippen LogP contribution in [0.15, 0.2) is 84.9 Å². The third-order valence-corrected chi connectivity index (χ3v) is 14.9. The molecule has 0 fully saturated rings. The van der Waals surface area contributed by atoms with Crippen molar-refractivity contribution in [3.8, 4) is 45.3 Å². The zero-order valence-corrected chi connectivity index (χ0v) is 65.4. The number of ether oxygens (including phenoxy) is 21. The molecule has 0 saturated heterocycles. The molecular weight excluding hydrogens is 1540 g/mol. The fourth-order valence-corrected chi connectivity index (χ4v) is 9.23. The second kappa shape index (κ2) is 66.8. The Morgan fingerprint density at radius 3 is 0.698 bits per heavy atom. The number of nitrogens with one attached hydrogen (secondary N) is 4. The molecule has 0 atom stereocenters. The van der Waals surface area contributed by atoms with Crippen LogP contribution in [0.2, 0.25) is 0 Å². The molecule has 648 valence electrons. The van der Waals surface area contributed by atoms with Gasteiger partial charge in [0.25, 0.3) is 23.6 Å². The van der Waals surface area contributed by atoms with Crippen LogP contribution >= 0.6 is 0 Å². The molecule has 4 aromatic rings. The Hall–Kier alpha value is -9.33. The van der Waals surface area contributed by atoms with Crippen molar-refractivity contribution in [1.29, 1.82) is 0 Å². The lowest BCUT2D eigenvalue weighted by atomic mass is 9.95. The van der Waals surface area contributed by atoms with Crippen LogP contribution in [0, 0.1) is 0 Å². The summed E-state index contributed by atoms with van der Waals surface area (Å²) in [6.45, 7) is 5.80. The number of carboxylic acid groups (broad SMARTS) is 4. The van der Waals surface area contributed by atoms with E-state index in [9.17, 15) is 43.2 Å². The minimum absolute atomic E-state index is 0.0649. The fourth-order valence-electron chi connectivity index (χ4n) is 9.23. The van der Waals surface area contributed by atoms with E-state index in [0.29, 0.717) is 54.2 Å². The number of rotatable bonds is 77. The van der Waals surface area contributed by atoms with E-state index in [1.807, 2.05) is 6.07 Å². The van der Waals surface area contributed by atoms with E-state index in [4.69, 9.17) is 120 Å².